The molecule has 5 rings (SSSR count). The highest BCUT2D eigenvalue weighted by atomic mass is 16.3. The number of aromatic nitrogens is 3. The molecule has 2 aromatic carbocycles. The van der Waals surface area contributed by atoms with E-state index in [1.807, 2.05) is 67.6 Å². The van der Waals surface area contributed by atoms with Crippen LogP contribution in [0.3, 0.4) is 0 Å². The standard InChI is InChI=1S/C27H27N5O3/c1-16-13-19(15-31(3)26(16)34)23-17(2)25(32(30-23)20-10-5-4-6-11-20)29-27(35)28-24-21-12-8-7-9-18(21)14-22(24)33/h4-13,15,22,24,33H,14H2,1-3H3,(H2,28,29,35)/t22-,24-/m1/s1. The molecule has 1 aliphatic rings. The SMILES string of the molecule is Cc1c(-c2cc(C)c(=O)n(C)c2)nn(-c2ccccc2)c1NC(=O)N[C@@H]1c2ccccc2C[C@H]1O. The van der Waals surface area contributed by atoms with E-state index in [2.05, 4.69) is 10.6 Å². The van der Waals surface area contributed by atoms with E-state index in [9.17, 15) is 14.7 Å². The minimum atomic E-state index is -0.692. The number of urea groups is 1. The summed E-state index contributed by atoms with van der Waals surface area (Å²) in [6.45, 7) is 3.66. The first-order valence-corrected chi connectivity index (χ1v) is 11.5. The predicted octanol–water partition coefficient (Wildman–Crippen LogP) is 3.63. The van der Waals surface area contributed by atoms with Crippen molar-refractivity contribution in [2.75, 3.05) is 5.32 Å². The molecule has 35 heavy (non-hydrogen) atoms. The van der Waals surface area contributed by atoms with Gasteiger partial charge in [-0.25, -0.2) is 9.48 Å². The van der Waals surface area contributed by atoms with Gasteiger partial charge >= 0.3 is 6.03 Å². The van der Waals surface area contributed by atoms with Gasteiger partial charge in [-0.15, -0.1) is 0 Å². The van der Waals surface area contributed by atoms with E-state index in [1.54, 1.807) is 24.9 Å². The number of nitrogens with one attached hydrogen (secondary N) is 2. The van der Waals surface area contributed by atoms with Gasteiger partial charge in [-0.1, -0.05) is 42.5 Å². The maximum atomic E-state index is 13.1. The van der Waals surface area contributed by atoms with Crippen molar-refractivity contribution >= 4 is 11.8 Å². The highest BCUT2D eigenvalue weighted by Gasteiger charge is 2.32. The van der Waals surface area contributed by atoms with Gasteiger partial charge in [-0.2, -0.15) is 5.10 Å². The molecule has 0 bridgehead atoms. The normalized spacial score (nSPS) is 16.7. The Morgan fingerprint density at radius 2 is 1.80 bits per heavy atom. The summed E-state index contributed by atoms with van der Waals surface area (Å²) in [6, 6.07) is 18.1. The van der Waals surface area contributed by atoms with E-state index in [1.165, 1.54) is 4.57 Å². The third kappa shape index (κ3) is 4.13. The average molecular weight is 470 g/mol. The number of aliphatic hydroxyl groups is 1. The molecule has 0 fully saturated rings. The summed E-state index contributed by atoms with van der Waals surface area (Å²) in [5, 5.41) is 21.2. The monoisotopic (exact) mass is 469 g/mol. The average Bonchev–Trinajstić information content (AvgIpc) is 3.34. The third-order valence-electron chi connectivity index (χ3n) is 6.48. The second kappa shape index (κ2) is 8.88. The van der Waals surface area contributed by atoms with Crippen molar-refractivity contribution in [2.24, 2.45) is 7.05 Å². The lowest BCUT2D eigenvalue weighted by Crippen LogP contribution is -2.37. The zero-order valence-electron chi connectivity index (χ0n) is 19.8. The van der Waals surface area contributed by atoms with Crippen LogP contribution in [0.4, 0.5) is 10.6 Å². The first kappa shape index (κ1) is 22.6. The van der Waals surface area contributed by atoms with Gasteiger partial charge in [0.2, 0.25) is 0 Å². The second-order valence-corrected chi connectivity index (χ2v) is 8.94. The number of fused-ring (bicyclic) bond motifs is 1. The molecule has 178 valence electrons. The number of hydrogen-bond acceptors (Lipinski definition) is 4. The third-order valence-corrected chi connectivity index (χ3v) is 6.48. The van der Waals surface area contributed by atoms with Crippen LogP contribution in [-0.2, 0) is 13.5 Å². The maximum Gasteiger partial charge on any atom is 0.320 e. The molecule has 2 amide bonds. The Kier molecular flexibility index (Phi) is 5.74. The van der Waals surface area contributed by atoms with Crippen LogP contribution in [-0.4, -0.2) is 31.6 Å². The Bertz CT molecular complexity index is 1450. The summed E-state index contributed by atoms with van der Waals surface area (Å²) in [5.41, 5.74) is 5.48. The zero-order valence-corrected chi connectivity index (χ0v) is 19.8. The molecule has 0 spiro atoms. The fraction of sp³-hybridized carbons (Fsp3) is 0.222. The molecule has 8 heteroatoms. The number of rotatable bonds is 4. The lowest BCUT2D eigenvalue weighted by atomic mass is 10.1. The highest BCUT2D eigenvalue weighted by Crippen LogP contribution is 2.33. The Hall–Kier alpha value is -4.17. The minimum absolute atomic E-state index is 0.0676. The van der Waals surface area contributed by atoms with Crippen LogP contribution in [0.2, 0.25) is 0 Å². The van der Waals surface area contributed by atoms with Crippen molar-refractivity contribution in [3.63, 3.8) is 0 Å². The number of pyridine rings is 1. The van der Waals surface area contributed by atoms with E-state index >= 15 is 0 Å². The van der Waals surface area contributed by atoms with Crippen LogP contribution < -0.4 is 16.2 Å². The fourth-order valence-corrected chi connectivity index (χ4v) is 4.71. The van der Waals surface area contributed by atoms with E-state index < -0.39 is 18.2 Å². The smallest absolute Gasteiger partial charge is 0.320 e. The molecule has 2 aromatic heterocycles. The highest BCUT2D eigenvalue weighted by molar-refractivity contribution is 5.91. The van der Waals surface area contributed by atoms with Gasteiger partial charge in [0.15, 0.2) is 0 Å². The van der Waals surface area contributed by atoms with Gasteiger partial charge in [-0.05, 0) is 43.2 Å². The Morgan fingerprint density at radius 1 is 1.09 bits per heavy atom. The van der Waals surface area contributed by atoms with Crippen LogP contribution in [0.25, 0.3) is 16.9 Å². The van der Waals surface area contributed by atoms with Crippen molar-refractivity contribution in [1.29, 1.82) is 0 Å². The molecule has 0 saturated heterocycles. The van der Waals surface area contributed by atoms with Crippen LogP contribution >= 0.6 is 0 Å². The predicted molar refractivity (Wildman–Crippen MR) is 135 cm³/mol. The molecule has 1 aliphatic carbocycles. The van der Waals surface area contributed by atoms with Crippen molar-refractivity contribution < 1.29 is 9.90 Å². The van der Waals surface area contributed by atoms with Gasteiger partial charge in [0, 0.05) is 36.4 Å². The summed E-state index contributed by atoms with van der Waals surface area (Å²) in [6.07, 6.45) is 1.55. The maximum absolute atomic E-state index is 13.1. The summed E-state index contributed by atoms with van der Waals surface area (Å²) in [5.74, 6) is 0.510. The van der Waals surface area contributed by atoms with Crippen molar-refractivity contribution in [3.05, 3.63) is 99.5 Å². The van der Waals surface area contributed by atoms with Crippen LogP contribution in [0, 0.1) is 13.8 Å². The summed E-state index contributed by atoms with van der Waals surface area (Å²) < 4.78 is 3.22. The van der Waals surface area contributed by atoms with Crippen LogP contribution in [0.15, 0.2) is 71.7 Å². The largest absolute Gasteiger partial charge is 0.390 e. The Morgan fingerprint density at radius 3 is 2.54 bits per heavy atom. The van der Waals surface area contributed by atoms with E-state index in [0.717, 1.165) is 27.9 Å². The molecule has 0 radical (unpaired) electrons. The molecule has 0 saturated carbocycles. The van der Waals surface area contributed by atoms with Gasteiger partial charge < -0.3 is 15.0 Å². The molecule has 0 aliphatic heterocycles. The number of benzene rings is 2. The molecular formula is C27H27N5O3. The lowest BCUT2D eigenvalue weighted by molar-refractivity contribution is 0.144. The number of carbonyl (C=O) groups is 1. The molecule has 2 atom stereocenters. The number of carbonyl (C=O) groups excluding carboxylic acids is 1. The fourth-order valence-electron chi connectivity index (χ4n) is 4.71. The van der Waals surface area contributed by atoms with Gasteiger partial charge in [-0.3, -0.25) is 10.1 Å². The number of hydrogen-bond donors (Lipinski definition) is 3. The number of anilines is 1. The number of amides is 2. The van der Waals surface area contributed by atoms with Crippen molar-refractivity contribution in [2.45, 2.75) is 32.4 Å². The zero-order chi connectivity index (χ0) is 24.7. The molecule has 2 heterocycles. The first-order valence-electron chi connectivity index (χ1n) is 11.5. The second-order valence-electron chi connectivity index (χ2n) is 8.94. The molecule has 4 aromatic rings. The van der Waals surface area contributed by atoms with E-state index in [-0.39, 0.29) is 5.56 Å². The number of aryl methyl sites for hydroxylation is 2. The molecule has 0 unspecified atom stereocenters. The number of aliphatic hydroxyl groups excluding tert-OH is 1. The Labute approximate surface area is 202 Å². The van der Waals surface area contributed by atoms with Gasteiger partial charge in [0.25, 0.3) is 5.56 Å². The van der Waals surface area contributed by atoms with E-state index in [0.29, 0.717) is 23.5 Å². The Balaban J connectivity index is 1.52. The van der Waals surface area contributed by atoms with Crippen LogP contribution in [0.1, 0.15) is 28.3 Å². The lowest BCUT2D eigenvalue weighted by Gasteiger charge is -2.19. The quantitative estimate of drug-likeness (QED) is 0.425. The summed E-state index contributed by atoms with van der Waals surface area (Å²) in [4.78, 5) is 25.3. The molecular weight excluding hydrogens is 442 g/mol. The topological polar surface area (TPSA) is 101 Å². The molecule has 8 nitrogen and oxygen atoms in total. The van der Waals surface area contributed by atoms with Gasteiger partial charge in [0.1, 0.15) is 5.82 Å². The summed E-state index contributed by atoms with van der Waals surface area (Å²) >= 11 is 0. The summed E-state index contributed by atoms with van der Waals surface area (Å²) in [7, 11) is 1.71. The minimum Gasteiger partial charge on any atom is -0.390 e. The van der Waals surface area contributed by atoms with Crippen LogP contribution in [0.5, 0.6) is 0 Å². The van der Waals surface area contributed by atoms with Crippen molar-refractivity contribution in [3.8, 4) is 16.9 Å². The van der Waals surface area contributed by atoms with Crippen molar-refractivity contribution in [1.82, 2.24) is 19.7 Å². The van der Waals surface area contributed by atoms with E-state index in [4.69, 9.17) is 5.10 Å². The number of para-hydroxylation sites is 1. The number of nitrogens with zero attached hydrogens (tertiary/aromatic N) is 3. The molecule has 3 N–H and O–H groups in total. The van der Waals surface area contributed by atoms with Gasteiger partial charge in [0.05, 0.1) is 23.5 Å². The first-order chi connectivity index (χ1) is 16.8.